The van der Waals surface area contributed by atoms with E-state index in [-0.39, 0.29) is 6.09 Å². The van der Waals surface area contributed by atoms with Crippen molar-refractivity contribution in [3.8, 4) is 0 Å². The summed E-state index contributed by atoms with van der Waals surface area (Å²) in [6.07, 6.45) is 6.18. The largest absolute Gasteiger partial charge is 0.447 e. The van der Waals surface area contributed by atoms with E-state index in [1.165, 1.54) is 18.4 Å². The van der Waals surface area contributed by atoms with E-state index in [4.69, 9.17) is 10.5 Å². The molecule has 2 aliphatic rings. The molecule has 1 aliphatic carbocycles. The zero-order chi connectivity index (χ0) is 13.7. The van der Waals surface area contributed by atoms with Crippen LogP contribution >= 0.6 is 0 Å². The minimum atomic E-state index is -0.294. The van der Waals surface area contributed by atoms with Crippen LogP contribution in [0, 0.1) is 0 Å². The van der Waals surface area contributed by atoms with E-state index in [2.05, 4.69) is 17.2 Å². The Morgan fingerprint density at radius 3 is 2.90 bits per heavy atom. The molecule has 4 rings (SSSR count). The highest BCUT2D eigenvalue weighted by atomic mass is 16.6. The van der Waals surface area contributed by atoms with Crippen LogP contribution < -0.4 is 10.6 Å². The van der Waals surface area contributed by atoms with Gasteiger partial charge in [0.25, 0.3) is 0 Å². The number of hydrogen-bond donors (Lipinski definition) is 1. The topological polar surface area (TPSA) is 72.9 Å². The Labute approximate surface area is 116 Å². The van der Waals surface area contributed by atoms with Crippen molar-refractivity contribution in [1.29, 1.82) is 0 Å². The highest BCUT2D eigenvalue weighted by molar-refractivity contribution is 5.93. The Balaban J connectivity index is 1.90. The van der Waals surface area contributed by atoms with Crippen LogP contribution in [0.3, 0.4) is 0 Å². The summed E-state index contributed by atoms with van der Waals surface area (Å²) in [5.41, 5.74) is 9.36. The second-order valence-corrected chi connectivity index (χ2v) is 5.37. The number of fused-ring (bicyclic) bond motifs is 1. The average molecular weight is 272 g/mol. The van der Waals surface area contributed by atoms with Crippen molar-refractivity contribution in [2.24, 2.45) is 5.73 Å². The summed E-state index contributed by atoms with van der Waals surface area (Å²) in [4.78, 5) is 18.0. The van der Waals surface area contributed by atoms with Gasteiger partial charge in [-0.1, -0.05) is 0 Å². The molecule has 0 unspecified atom stereocenters. The standard InChI is InChI=1S/C14H16N4O2/c15-6-11-8-17-7-10(9-1-2-9)5-12(13(17)16-11)18-3-4-20-14(18)19/h5,7-9H,1-4,6,15H2. The van der Waals surface area contributed by atoms with Gasteiger partial charge >= 0.3 is 6.09 Å². The maximum absolute atomic E-state index is 11.8. The highest BCUT2D eigenvalue weighted by Crippen LogP contribution is 2.42. The highest BCUT2D eigenvalue weighted by Gasteiger charge is 2.30. The SMILES string of the molecule is NCc1cn2cc(C3CC3)cc(N3CCOC3=O)c2n1. The van der Waals surface area contributed by atoms with Crippen LogP contribution in [0.2, 0.25) is 0 Å². The van der Waals surface area contributed by atoms with E-state index in [9.17, 15) is 4.79 Å². The number of pyridine rings is 1. The van der Waals surface area contributed by atoms with Crippen molar-refractivity contribution in [2.75, 3.05) is 18.1 Å². The molecule has 6 nitrogen and oxygen atoms in total. The zero-order valence-corrected chi connectivity index (χ0v) is 11.1. The summed E-state index contributed by atoms with van der Waals surface area (Å²) in [5.74, 6) is 0.612. The van der Waals surface area contributed by atoms with Gasteiger partial charge < -0.3 is 14.9 Å². The predicted octanol–water partition coefficient (Wildman–Crippen LogP) is 1.63. The average Bonchev–Trinajstić information content (AvgIpc) is 3.08. The summed E-state index contributed by atoms with van der Waals surface area (Å²) >= 11 is 0. The fourth-order valence-corrected chi connectivity index (χ4v) is 2.70. The summed E-state index contributed by atoms with van der Waals surface area (Å²) in [7, 11) is 0. The summed E-state index contributed by atoms with van der Waals surface area (Å²) < 4.78 is 7.03. The molecule has 3 heterocycles. The first-order valence-corrected chi connectivity index (χ1v) is 6.92. The number of hydrogen-bond acceptors (Lipinski definition) is 4. The number of aromatic nitrogens is 2. The number of nitrogens with two attached hydrogens (primary N) is 1. The van der Waals surface area contributed by atoms with E-state index in [0.717, 1.165) is 17.0 Å². The van der Waals surface area contributed by atoms with Gasteiger partial charge in [0.15, 0.2) is 5.65 Å². The molecule has 2 fully saturated rings. The lowest BCUT2D eigenvalue weighted by Gasteiger charge is -2.15. The molecule has 104 valence electrons. The fourth-order valence-electron chi connectivity index (χ4n) is 2.70. The van der Waals surface area contributed by atoms with Gasteiger partial charge in [-0.3, -0.25) is 4.90 Å². The van der Waals surface area contributed by atoms with Crippen molar-refractivity contribution >= 4 is 17.4 Å². The Morgan fingerprint density at radius 1 is 1.40 bits per heavy atom. The smallest absolute Gasteiger partial charge is 0.414 e. The third kappa shape index (κ3) is 1.76. The van der Waals surface area contributed by atoms with Crippen LogP contribution in [0.4, 0.5) is 10.5 Å². The van der Waals surface area contributed by atoms with Crippen molar-refractivity contribution in [2.45, 2.75) is 25.3 Å². The molecule has 6 heteroatoms. The Bertz CT molecular complexity index is 690. The van der Waals surface area contributed by atoms with Crippen molar-refractivity contribution in [3.05, 3.63) is 29.7 Å². The molecule has 1 saturated heterocycles. The number of carbonyl (C=O) groups excluding carboxylic acids is 1. The second-order valence-electron chi connectivity index (χ2n) is 5.37. The molecule has 0 atom stereocenters. The van der Waals surface area contributed by atoms with Gasteiger partial charge in [-0.15, -0.1) is 0 Å². The normalized spacial score (nSPS) is 18.9. The molecule has 0 aromatic carbocycles. The first kappa shape index (κ1) is 11.7. The third-order valence-electron chi connectivity index (χ3n) is 3.91. The van der Waals surface area contributed by atoms with E-state index in [1.807, 2.05) is 10.6 Å². The molecule has 0 radical (unpaired) electrons. The lowest BCUT2D eigenvalue weighted by molar-refractivity contribution is 0.181. The maximum atomic E-state index is 11.8. The van der Waals surface area contributed by atoms with Gasteiger partial charge in [-0.25, -0.2) is 9.78 Å². The van der Waals surface area contributed by atoms with Crippen LogP contribution in [-0.2, 0) is 11.3 Å². The molecule has 1 amide bonds. The van der Waals surface area contributed by atoms with Crippen molar-refractivity contribution in [1.82, 2.24) is 9.38 Å². The monoisotopic (exact) mass is 272 g/mol. The molecule has 20 heavy (non-hydrogen) atoms. The van der Waals surface area contributed by atoms with Crippen LogP contribution in [0.25, 0.3) is 5.65 Å². The van der Waals surface area contributed by atoms with Gasteiger partial charge in [0, 0.05) is 18.9 Å². The Hall–Kier alpha value is -2.08. The van der Waals surface area contributed by atoms with E-state index >= 15 is 0 Å². The quantitative estimate of drug-likeness (QED) is 0.921. The Kier molecular flexibility index (Phi) is 2.47. The molecule has 2 aromatic heterocycles. The molecule has 0 spiro atoms. The molecule has 1 aliphatic heterocycles. The van der Waals surface area contributed by atoms with Gasteiger partial charge in [0.05, 0.1) is 17.9 Å². The summed E-state index contributed by atoms with van der Waals surface area (Å²) in [6.45, 7) is 1.40. The fraction of sp³-hybridized carbons (Fsp3) is 0.429. The predicted molar refractivity (Wildman–Crippen MR) is 73.8 cm³/mol. The minimum Gasteiger partial charge on any atom is -0.447 e. The molecular formula is C14H16N4O2. The van der Waals surface area contributed by atoms with E-state index in [0.29, 0.717) is 25.6 Å². The zero-order valence-electron chi connectivity index (χ0n) is 11.1. The number of cyclic esters (lactones) is 1. The van der Waals surface area contributed by atoms with Crippen LogP contribution in [-0.4, -0.2) is 28.6 Å². The van der Waals surface area contributed by atoms with Gasteiger partial charge in [0.1, 0.15) is 6.61 Å². The van der Waals surface area contributed by atoms with E-state index < -0.39 is 0 Å². The number of nitrogens with zero attached hydrogens (tertiary/aromatic N) is 3. The molecule has 1 saturated carbocycles. The summed E-state index contributed by atoms with van der Waals surface area (Å²) in [6, 6.07) is 2.08. The van der Waals surface area contributed by atoms with Gasteiger partial charge in [-0.2, -0.15) is 0 Å². The maximum Gasteiger partial charge on any atom is 0.414 e. The van der Waals surface area contributed by atoms with Crippen molar-refractivity contribution in [3.63, 3.8) is 0 Å². The van der Waals surface area contributed by atoms with Crippen LogP contribution in [0.15, 0.2) is 18.5 Å². The number of imidazole rings is 1. The lowest BCUT2D eigenvalue weighted by atomic mass is 10.1. The third-order valence-corrected chi connectivity index (χ3v) is 3.91. The number of carbonyl (C=O) groups is 1. The Morgan fingerprint density at radius 2 is 2.25 bits per heavy atom. The molecule has 2 N–H and O–H groups in total. The van der Waals surface area contributed by atoms with Gasteiger partial charge in [-0.05, 0) is 30.4 Å². The lowest BCUT2D eigenvalue weighted by Crippen LogP contribution is -2.24. The van der Waals surface area contributed by atoms with E-state index in [1.54, 1.807) is 4.90 Å². The number of rotatable bonds is 3. The second kappa shape index (κ2) is 4.21. The molecule has 0 bridgehead atoms. The van der Waals surface area contributed by atoms with Crippen molar-refractivity contribution < 1.29 is 9.53 Å². The first-order chi connectivity index (χ1) is 9.76. The van der Waals surface area contributed by atoms with Crippen LogP contribution in [0.5, 0.6) is 0 Å². The number of amides is 1. The summed E-state index contributed by atoms with van der Waals surface area (Å²) in [5, 5.41) is 0. The number of ether oxygens (including phenoxy) is 1. The first-order valence-electron chi connectivity index (χ1n) is 6.92. The van der Waals surface area contributed by atoms with Gasteiger partial charge in [0.2, 0.25) is 0 Å². The molecule has 2 aromatic rings. The molecular weight excluding hydrogens is 256 g/mol. The number of anilines is 1. The van der Waals surface area contributed by atoms with Crippen LogP contribution in [0.1, 0.15) is 30.0 Å². The minimum absolute atomic E-state index is 0.294.